The van der Waals surface area contributed by atoms with Gasteiger partial charge in [0, 0.05) is 18.2 Å². The van der Waals surface area contributed by atoms with Gasteiger partial charge in [-0.2, -0.15) is 0 Å². The first kappa shape index (κ1) is 9.31. The summed E-state index contributed by atoms with van der Waals surface area (Å²) in [7, 11) is 0. The summed E-state index contributed by atoms with van der Waals surface area (Å²) in [4.78, 5) is 3.95. The Kier molecular flexibility index (Phi) is 2.32. The van der Waals surface area contributed by atoms with Crippen LogP contribution in [0.2, 0.25) is 0 Å². The quantitative estimate of drug-likeness (QED) is 0.670. The Morgan fingerprint density at radius 2 is 2.14 bits per heavy atom. The first-order chi connectivity index (χ1) is 6.70. The van der Waals surface area contributed by atoms with Gasteiger partial charge >= 0.3 is 0 Å². The highest BCUT2D eigenvalue weighted by atomic mass is 19.3. The Balaban J connectivity index is 2.38. The van der Waals surface area contributed by atoms with Crippen molar-refractivity contribution in [2.75, 3.05) is 0 Å². The van der Waals surface area contributed by atoms with Crippen LogP contribution in [-0.4, -0.2) is 10.9 Å². The maximum absolute atomic E-state index is 13.4. The van der Waals surface area contributed by atoms with Gasteiger partial charge in [-0.05, 0) is 25.0 Å². The second-order valence-corrected chi connectivity index (χ2v) is 3.43. The molecule has 0 atom stereocenters. The summed E-state index contributed by atoms with van der Waals surface area (Å²) >= 11 is 0. The predicted molar refractivity (Wildman–Crippen MR) is 51.0 cm³/mol. The summed E-state index contributed by atoms with van der Waals surface area (Å²) in [5, 5.41) is 0. The third-order valence-corrected chi connectivity index (χ3v) is 2.38. The van der Waals surface area contributed by atoms with E-state index >= 15 is 0 Å². The number of pyridine rings is 1. The zero-order valence-corrected chi connectivity index (χ0v) is 7.71. The minimum Gasteiger partial charge on any atom is -0.256 e. The molecule has 3 heteroatoms. The van der Waals surface area contributed by atoms with Crippen molar-refractivity contribution in [1.29, 1.82) is 0 Å². The molecule has 0 saturated heterocycles. The van der Waals surface area contributed by atoms with Crippen molar-refractivity contribution < 1.29 is 8.78 Å². The van der Waals surface area contributed by atoms with Crippen molar-refractivity contribution in [2.45, 2.75) is 25.2 Å². The number of halogens is 2. The standard InChI is InChI=1S/C11H11F2N/c12-11(13)7-3-1-5-9(11)10-6-2-4-8-14-10/h2,4-6,8H,1,3,7H2. The number of hydrogen-bond donors (Lipinski definition) is 0. The van der Waals surface area contributed by atoms with Crippen molar-refractivity contribution in [3.63, 3.8) is 0 Å². The topological polar surface area (TPSA) is 12.9 Å². The zero-order valence-electron chi connectivity index (χ0n) is 7.71. The van der Waals surface area contributed by atoms with E-state index in [4.69, 9.17) is 0 Å². The van der Waals surface area contributed by atoms with Crippen molar-refractivity contribution in [3.05, 3.63) is 36.2 Å². The Bertz CT molecular complexity index is 344. The van der Waals surface area contributed by atoms with Gasteiger partial charge in [0.1, 0.15) is 0 Å². The van der Waals surface area contributed by atoms with Crippen molar-refractivity contribution in [1.82, 2.24) is 4.98 Å². The van der Waals surface area contributed by atoms with Crippen LogP contribution in [0, 0.1) is 0 Å². The molecular weight excluding hydrogens is 184 g/mol. The third kappa shape index (κ3) is 1.67. The molecule has 0 fully saturated rings. The van der Waals surface area contributed by atoms with E-state index in [0.717, 1.165) is 6.42 Å². The second-order valence-electron chi connectivity index (χ2n) is 3.43. The van der Waals surface area contributed by atoms with Gasteiger partial charge in [0.05, 0.1) is 5.69 Å². The smallest absolute Gasteiger partial charge is 0.256 e. The molecular formula is C11H11F2N. The number of allylic oxidation sites excluding steroid dienone is 2. The molecule has 1 aliphatic rings. The zero-order chi connectivity index (χ0) is 10.0. The molecule has 0 spiro atoms. The molecule has 0 aromatic carbocycles. The molecule has 1 aliphatic carbocycles. The molecule has 0 amide bonds. The fraction of sp³-hybridized carbons (Fsp3) is 0.364. The number of aromatic nitrogens is 1. The van der Waals surface area contributed by atoms with E-state index in [1.54, 1.807) is 30.5 Å². The summed E-state index contributed by atoms with van der Waals surface area (Å²) in [6.07, 6.45) is 4.37. The molecule has 1 heterocycles. The lowest BCUT2D eigenvalue weighted by Crippen LogP contribution is -2.21. The van der Waals surface area contributed by atoms with Gasteiger partial charge in [-0.3, -0.25) is 4.98 Å². The van der Waals surface area contributed by atoms with Crippen LogP contribution >= 0.6 is 0 Å². The van der Waals surface area contributed by atoms with Crippen molar-refractivity contribution in [3.8, 4) is 0 Å². The van der Waals surface area contributed by atoms with Crippen LogP contribution in [-0.2, 0) is 0 Å². The maximum atomic E-state index is 13.4. The summed E-state index contributed by atoms with van der Waals surface area (Å²) in [5.74, 6) is -2.70. The Morgan fingerprint density at radius 3 is 2.79 bits per heavy atom. The first-order valence-electron chi connectivity index (χ1n) is 4.70. The molecule has 1 aromatic rings. The Hall–Kier alpha value is -1.25. The number of nitrogens with zero attached hydrogens (tertiary/aromatic N) is 1. The van der Waals surface area contributed by atoms with Crippen LogP contribution in [0.15, 0.2) is 30.5 Å². The molecule has 1 aromatic heterocycles. The molecule has 0 bridgehead atoms. The van der Waals surface area contributed by atoms with Crippen LogP contribution in [0.5, 0.6) is 0 Å². The van der Waals surface area contributed by atoms with E-state index in [2.05, 4.69) is 4.98 Å². The minimum absolute atomic E-state index is 0.0601. The van der Waals surface area contributed by atoms with Crippen molar-refractivity contribution >= 4 is 5.57 Å². The molecule has 0 aliphatic heterocycles. The number of hydrogen-bond acceptors (Lipinski definition) is 1. The summed E-state index contributed by atoms with van der Waals surface area (Å²) in [6.45, 7) is 0. The normalized spacial score (nSPS) is 20.3. The van der Waals surface area contributed by atoms with E-state index in [9.17, 15) is 8.78 Å². The van der Waals surface area contributed by atoms with E-state index in [-0.39, 0.29) is 12.0 Å². The van der Waals surface area contributed by atoms with Crippen LogP contribution in [0.3, 0.4) is 0 Å². The van der Waals surface area contributed by atoms with Gasteiger partial charge in [0.15, 0.2) is 0 Å². The fourth-order valence-corrected chi connectivity index (χ4v) is 1.67. The molecule has 2 rings (SSSR count). The lowest BCUT2D eigenvalue weighted by molar-refractivity contribution is 0.0507. The highest BCUT2D eigenvalue weighted by molar-refractivity contribution is 5.68. The van der Waals surface area contributed by atoms with Crippen LogP contribution in [0.4, 0.5) is 8.78 Å². The first-order valence-corrected chi connectivity index (χ1v) is 4.70. The molecule has 0 unspecified atom stereocenters. The monoisotopic (exact) mass is 195 g/mol. The van der Waals surface area contributed by atoms with Crippen LogP contribution in [0.25, 0.3) is 5.57 Å². The van der Waals surface area contributed by atoms with Gasteiger partial charge in [-0.1, -0.05) is 12.1 Å². The van der Waals surface area contributed by atoms with E-state index < -0.39 is 5.92 Å². The molecule has 0 radical (unpaired) electrons. The van der Waals surface area contributed by atoms with Gasteiger partial charge in [0.25, 0.3) is 5.92 Å². The lowest BCUT2D eigenvalue weighted by Gasteiger charge is -2.23. The highest BCUT2D eigenvalue weighted by Crippen LogP contribution is 2.39. The van der Waals surface area contributed by atoms with Crippen LogP contribution < -0.4 is 0 Å². The molecule has 14 heavy (non-hydrogen) atoms. The summed E-state index contributed by atoms with van der Waals surface area (Å²) in [6, 6.07) is 5.09. The molecule has 0 N–H and O–H groups in total. The molecule has 74 valence electrons. The highest BCUT2D eigenvalue weighted by Gasteiger charge is 2.36. The summed E-state index contributed by atoms with van der Waals surface area (Å²) in [5.41, 5.74) is 0.488. The maximum Gasteiger partial charge on any atom is 0.275 e. The number of alkyl halides is 2. The van der Waals surface area contributed by atoms with E-state index in [0.29, 0.717) is 12.1 Å². The molecule has 1 nitrogen and oxygen atoms in total. The molecule has 0 saturated carbocycles. The third-order valence-electron chi connectivity index (χ3n) is 2.38. The van der Waals surface area contributed by atoms with Crippen LogP contribution in [0.1, 0.15) is 25.0 Å². The largest absolute Gasteiger partial charge is 0.275 e. The predicted octanol–water partition coefficient (Wildman–Crippen LogP) is 3.28. The minimum atomic E-state index is -2.70. The van der Waals surface area contributed by atoms with E-state index in [1.807, 2.05) is 0 Å². The van der Waals surface area contributed by atoms with Gasteiger partial charge in [-0.25, -0.2) is 8.78 Å². The Labute approximate surface area is 81.5 Å². The van der Waals surface area contributed by atoms with Gasteiger partial charge < -0.3 is 0 Å². The SMILES string of the molecule is FC1(F)CCCC=C1c1ccccn1. The Morgan fingerprint density at radius 1 is 1.29 bits per heavy atom. The van der Waals surface area contributed by atoms with Gasteiger partial charge in [-0.15, -0.1) is 0 Å². The lowest BCUT2D eigenvalue weighted by atomic mass is 9.93. The average Bonchev–Trinajstić information content (AvgIpc) is 2.18. The van der Waals surface area contributed by atoms with Crippen molar-refractivity contribution in [2.24, 2.45) is 0 Å². The van der Waals surface area contributed by atoms with E-state index in [1.165, 1.54) is 0 Å². The van der Waals surface area contributed by atoms with Gasteiger partial charge in [0.2, 0.25) is 0 Å². The fourth-order valence-electron chi connectivity index (χ4n) is 1.67. The average molecular weight is 195 g/mol. The number of rotatable bonds is 1. The second kappa shape index (κ2) is 3.48. The summed E-state index contributed by atoms with van der Waals surface area (Å²) < 4.78 is 26.9.